The predicted octanol–water partition coefficient (Wildman–Crippen LogP) is 2.28. The van der Waals surface area contributed by atoms with Crippen molar-refractivity contribution in [3.8, 4) is 0 Å². The Morgan fingerprint density at radius 1 is 0.970 bits per heavy atom. The van der Waals surface area contributed by atoms with Gasteiger partial charge in [-0.1, -0.05) is 0 Å². The van der Waals surface area contributed by atoms with Gasteiger partial charge in [0, 0.05) is 58.7 Å². The van der Waals surface area contributed by atoms with E-state index in [2.05, 4.69) is 48.5 Å². The molecule has 1 fully saturated rings. The average Bonchev–Trinajstić information content (AvgIpc) is 2.80. The molecule has 0 saturated carbocycles. The number of pyridine rings is 3. The van der Waals surface area contributed by atoms with Crippen LogP contribution in [-0.2, 0) is 0 Å². The van der Waals surface area contributed by atoms with Crippen LogP contribution in [0.2, 0.25) is 0 Å². The van der Waals surface area contributed by atoms with Gasteiger partial charge in [0.2, 0.25) is 0 Å². The zero-order valence-corrected chi connectivity index (χ0v) is 19.1. The largest absolute Gasteiger partial charge is 0.376 e. The summed E-state index contributed by atoms with van der Waals surface area (Å²) in [7, 11) is 6.01. The van der Waals surface area contributed by atoms with Gasteiger partial charge in [0.25, 0.3) is 5.91 Å². The number of amides is 1. The highest BCUT2D eigenvalue weighted by Gasteiger charge is 2.16. The summed E-state index contributed by atoms with van der Waals surface area (Å²) >= 11 is 0. The summed E-state index contributed by atoms with van der Waals surface area (Å²) in [5.41, 5.74) is 9.17. The van der Waals surface area contributed by atoms with Crippen molar-refractivity contribution in [1.29, 1.82) is 0 Å². The van der Waals surface area contributed by atoms with Crippen molar-refractivity contribution in [2.75, 3.05) is 67.8 Å². The second-order valence-electron chi connectivity index (χ2n) is 8.21. The molecule has 4 N–H and O–H groups in total. The van der Waals surface area contributed by atoms with Crippen LogP contribution in [0.3, 0.4) is 0 Å². The summed E-state index contributed by atoms with van der Waals surface area (Å²) in [6.45, 7) is 4.05. The molecule has 0 radical (unpaired) electrons. The summed E-state index contributed by atoms with van der Waals surface area (Å²) in [5.74, 6) is 0.632. The maximum absolute atomic E-state index is 12.0. The molecule has 0 spiro atoms. The average molecular weight is 448 g/mol. The van der Waals surface area contributed by atoms with Gasteiger partial charge in [-0.25, -0.2) is 9.97 Å². The van der Waals surface area contributed by atoms with Crippen LogP contribution in [0.5, 0.6) is 0 Å². The quantitative estimate of drug-likeness (QED) is 0.502. The molecular weight excluding hydrogens is 418 g/mol. The smallest absolute Gasteiger partial charge is 0.252 e. The van der Waals surface area contributed by atoms with Gasteiger partial charge < -0.3 is 31.1 Å². The number of primary amides is 1. The zero-order valence-electron chi connectivity index (χ0n) is 19.1. The number of carbonyl (C=O) groups is 1. The van der Waals surface area contributed by atoms with Crippen LogP contribution in [-0.4, -0.2) is 73.1 Å². The number of carbonyl (C=O) groups excluding carboxylic acids is 1. The van der Waals surface area contributed by atoms with Gasteiger partial charge in [-0.2, -0.15) is 0 Å². The third-order valence-corrected chi connectivity index (χ3v) is 5.59. The topological polar surface area (TPSA) is 116 Å². The fraction of sp³-hybridized carbons (Fsp3) is 0.304. The fourth-order valence-corrected chi connectivity index (χ4v) is 3.68. The lowest BCUT2D eigenvalue weighted by Gasteiger charge is -2.33. The highest BCUT2D eigenvalue weighted by Crippen LogP contribution is 2.29. The van der Waals surface area contributed by atoms with E-state index in [-0.39, 0.29) is 5.56 Å². The Labute approximate surface area is 193 Å². The summed E-state index contributed by atoms with van der Waals surface area (Å²) in [4.78, 5) is 31.7. The Morgan fingerprint density at radius 3 is 2.39 bits per heavy atom. The second kappa shape index (κ2) is 9.70. The van der Waals surface area contributed by atoms with E-state index >= 15 is 0 Å². The molecule has 4 rings (SSSR count). The molecule has 4 heterocycles. The Balaban J connectivity index is 1.54. The molecule has 172 valence electrons. The van der Waals surface area contributed by atoms with E-state index in [1.807, 2.05) is 37.3 Å². The van der Waals surface area contributed by atoms with Gasteiger partial charge in [-0.05, 0) is 25.2 Å². The van der Waals surface area contributed by atoms with Gasteiger partial charge in [0.1, 0.15) is 11.6 Å². The first-order valence-corrected chi connectivity index (χ1v) is 10.8. The van der Waals surface area contributed by atoms with Crippen LogP contribution in [0, 0.1) is 0 Å². The van der Waals surface area contributed by atoms with Crippen LogP contribution < -0.4 is 26.2 Å². The SMILES string of the molecule is CN1CCN(c2ccc(Nc3cc(Nc4cnccc4N(C)C)c(C(N)=O)cn3)nc2)CC1. The summed E-state index contributed by atoms with van der Waals surface area (Å²) in [5, 5.41) is 6.47. The number of aromatic nitrogens is 3. The van der Waals surface area contributed by atoms with Gasteiger partial charge in [0.05, 0.1) is 40.7 Å². The van der Waals surface area contributed by atoms with Crippen LogP contribution in [0.15, 0.2) is 49.1 Å². The third-order valence-electron chi connectivity index (χ3n) is 5.59. The number of piperazine rings is 1. The molecule has 1 amide bonds. The Hall–Kier alpha value is -3.92. The number of nitrogens with one attached hydrogen (secondary N) is 2. The van der Waals surface area contributed by atoms with Gasteiger partial charge in [0.15, 0.2) is 0 Å². The molecule has 3 aromatic heterocycles. The molecule has 3 aromatic rings. The van der Waals surface area contributed by atoms with Crippen LogP contribution in [0.4, 0.5) is 34.4 Å². The molecule has 0 unspecified atom stereocenters. The van der Waals surface area contributed by atoms with E-state index in [4.69, 9.17) is 5.73 Å². The Bertz CT molecular complexity index is 1110. The normalized spacial score (nSPS) is 14.1. The molecule has 10 heteroatoms. The van der Waals surface area contributed by atoms with Crippen molar-refractivity contribution in [1.82, 2.24) is 19.9 Å². The summed E-state index contributed by atoms with van der Waals surface area (Å²) in [6, 6.07) is 7.60. The Kier molecular flexibility index (Phi) is 6.55. The van der Waals surface area contributed by atoms with E-state index in [0.717, 1.165) is 43.2 Å². The molecule has 0 aliphatic carbocycles. The summed E-state index contributed by atoms with van der Waals surface area (Å²) in [6.07, 6.45) is 6.74. The van der Waals surface area contributed by atoms with Gasteiger partial charge in [-0.3, -0.25) is 9.78 Å². The minimum absolute atomic E-state index is 0.285. The van der Waals surface area contributed by atoms with Crippen molar-refractivity contribution in [2.24, 2.45) is 5.73 Å². The fourth-order valence-electron chi connectivity index (χ4n) is 3.68. The number of nitrogens with two attached hydrogens (primary N) is 1. The van der Waals surface area contributed by atoms with E-state index in [1.165, 1.54) is 6.20 Å². The van der Waals surface area contributed by atoms with Crippen LogP contribution in [0.25, 0.3) is 0 Å². The van der Waals surface area contributed by atoms with E-state index in [9.17, 15) is 4.79 Å². The molecule has 1 aliphatic rings. The molecule has 1 aliphatic heterocycles. The van der Waals surface area contributed by atoms with Crippen LogP contribution in [0.1, 0.15) is 10.4 Å². The van der Waals surface area contributed by atoms with Crippen molar-refractivity contribution >= 4 is 40.3 Å². The molecule has 1 saturated heterocycles. The molecule has 33 heavy (non-hydrogen) atoms. The first-order valence-electron chi connectivity index (χ1n) is 10.8. The number of likely N-dealkylation sites (N-methyl/N-ethyl adjacent to an activating group) is 1. The van der Waals surface area contributed by atoms with Gasteiger partial charge in [-0.15, -0.1) is 0 Å². The minimum atomic E-state index is -0.568. The zero-order chi connectivity index (χ0) is 23.4. The van der Waals surface area contributed by atoms with Crippen molar-refractivity contribution in [3.05, 3.63) is 54.6 Å². The van der Waals surface area contributed by atoms with E-state index < -0.39 is 5.91 Å². The lowest BCUT2D eigenvalue weighted by Crippen LogP contribution is -2.44. The molecular formula is C23H29N9O. The highest BCUT2D eigenvalue weighted by atomic mass is 16.1. The maximum Gasteiger partial charge on any atom is 0.252 e. The molecule has 10 nitrogen and oxygen atoms in total. The number of anilines is 6. The van der Waals surface area contributed by atoms with E-state index in [1.54, 1.807) is 18.5 Å². The standard InChI is InChI=1S/C23H29N9O/c1-30(2)20-6-7-25-15-19(20)28-18-12-22(27-14-17(18)23(24)33)29-21-5-4-16(13-26-21)32-10-8-31(3)9-11-32/h4-7,12-15H,8-11H2,1-3H3,(H2,24,33)(H2,26,27,28,29). The third kappa shape index (κ3) is 5.29. The predicted molar refractivity (Wildman–Crippen MR) is 132 cm³/mol. The summed E-state index contributed by atoms with van der Waals surface area (Å²) < 4.78 is 0. The van der Waals surface area contributed by atoms with Crippen molar-refractivity contribution < 1.29 is 4.79 Å². The first kappa shape index (κ1) is 22.3. The first-order chi connectivity index (χ1) is 15.9. The lowest BCUT2D eigenvalue weighted by atomic mass is 10.2. The lowest BCUT2D eigenvalue weighted by molar-refractivity contribution is 0.100. The van der Waals surface area contributed by atoms with Crippen molar-refractivity contribution in [2.45, 2.75) is 0 Å². The number of nitrogens with zero attached hydrogens (tertiary/aromatic N) is 6. The number of hydrogen-bond donors (Lipinski definition) is 3. The number of hydrogen-bond acceptors (Lipinski definition) is 9. The van der Waals surface area contributed by atoms with E-state index in [0.29, 0.717) is 17.3 Å². The maximum atomic E-state index is 12.0. The minimum Gasteiger partial charge on any atom is -0.376 e. The monoisotopic (exact) mass is 447 g/mol. The number of rotatable bonds is 7. The van der Waals surface area contributed by atoms with Crippen LogP contribution >= 0.6 is 0 Å². The Morgan fingerprint density at radius 2 is 1.73 bits per heavy atom. The highest BCUT2D eigenvalue weighted by molar-refractivity contribution is 6.00. The molecule has 0 atom stereocenters. The molecule has 0 bridgehead atoms. The molecule has 0 aromatic carbocycles. The second-order valence-corrected chi connectivity index (χ2v) is 8.21. The van der Waals surface area contributed by atoms with Crippen molar-refractivity contribution in [3.63, 3.8) is 0 Å². The van der Waals surface area contributed by atoms with Gasteiger partial charge >= 0.3 is 0 Å².